The molecule has 0 saturated carbocycles. The Balaban J connectivity index is 3.02. The first kappa shape index (κ1) is 11.5. The molecule has 17 heavy (non-hydrogen) atoms. The Labute approximate surface area is 101 Å². The van der Waals surface area contributed by atoms with Gasteiger partial charge >= 0.3 is 11.4 Å². The van der Waals surface area contributed by atoms with E-state index < -0.39 is 31.3 Å². The largest absolute Gasteiger partial charge is 0.326 e. The molecule has 0 radical (unpaired) electrons. The van der Waals surface area contributed by atoms with Crippen LogP contribution >= 0.6 is 23.2 Å². The van der Waals surface area contributed by atoms with E-state index in [0.717, 1.165) is 0 Å². The van der Waals surface area contributed by atoms with E-state index in [1.165, 1.54) is 0 Å². The lowest BCUT2D eigenvalue weighted by molar-refractivity contribution is -0.392. The lowest BCUT2D eigenvalue weighted by atomic mass is 10.2. The van der Waals surface area contributed by atoms with Crippen LogP contribution in [0, 0.1) is 20.2 Å². The quantitative estimate of drug-likeness (QED) is 0.609. The van der Waals surface area contributed by atoms with E-state index in [9.17, 15) is 20.2 Å². The molecule has 0 amide bonds. The van der Waals surface area contributed by atoms with Gasteiger partial charge in [0.2, 0.25) is 5.52 Å². The molecule has 88 valence electrons. The average molecular weight is 279 g/mol. The molecule has 0 spiro atoms. The third-order valence-corrected chi connectivity index (χ3v) is 2.63. The first-order valence-corrected chi connectivity index (χ1v) is 4.62. The van der Waals surface area contributed by atoms with Crippen LogP contribution in [-0.2, 0) is 0 Å². The van der Waals surface area contributed by atoms with Gasteiger partial charge in [-0.05, 0) is 10.3 Å². The lowest BCUT2D eigenvalue weighted by Gasteiger charge is -1.99. The highest BCUT2D eigenvalue weighted by molar-refractivity contribution is 6.43. The third-order valence-electron chi connectivity index (χ3n) is 1.91. The summed E-state index contributed by atoms with van der Waals surface area (Å²) in [6.45, 7) is 0. The first-order valence-electron chi connectivity index (χ1n) is 3.87. The van der Waals surface area contributed by atoms with Crippen molar-refractivity contribution >= 4 is 45.6 Å². The van der Waals surface area contributed by atoms with E-state index in [0.29, 0.717) is 0 Å². The first-order chi connectivity index (χ1) is 7.95. The number of nitro groups is 2. The number of aromatic nitrogens is 2. The molecule has 1 aromatic carbocycles. The Morgan fingerprint density at radius 2 is 1.47 bits per heavy atom. The smallest absolute Gasteiger partial charge is 0.258 e. The van der Waals surface area contributed by atoms with Crippen LogP contribution in [0.4, 0.5) is 11.4 Å². The zero-order valence-corrected chi connectivity index (χ0v) is 9.10. The van der Waals surface area contributed by atoms with Crippen molar-refractivity contribution in [2.75, 3.05) is 0 Å². The Morgan fingerprint density at radius 3 is 2.00 bits per heavy atom. The molecule has 0 aliphatic carbocycles. The molecule has 0 unspecified atom stereocenters. The van der Waals surface area contributed by atoms with Crippen LogP contribution in [0.2, 0.25) is 10.0 Å². The molecule has 9 nitrogen and oxygen atoms in total. The molecule has 0 N–H and O–H groups in total. The second kappa shape index (κ2) is 3.79. The molecule has 0 aliphatic heterocycles. The lowest BCUT2D eigenvalue weighted by Crippen LogP contribution is -1.97. The van der Waals surface area contributed by atoms with Crippen molar-refractivity contribution in [1.82, 2.24) is 10.3 Å². The predicted octanol–water partition coefficient (Wildman–Crippen LogP) is 2.35. The fraction of sp³-hybridized carbons (Fsp3) is 0. The predicted molar refractivity (Wildman–Crippen MR) is 55.1 cm³/mol. The molecular formula is C6Cl2N4O5. The number of halogens is 2. The van der Waals surface area contributed by atoms with E-state index in [-0.39, 0.29) is 11.0 Å². The second-order valence-electron chi connectivity index (χ2n) is 2.80. The van der Waals surface area contributed by atoms with Crippen molar-refractivity contribution in [3.05, 3.63) is 30.3 Å². The number of nitrogens with zero attached hydrogens (tertiary/aromatic N) is 4. The molecule has 11 heteroatoms. The van der Waals surface area contributed by atoms with Crippen LogP contribution < -0.4 is 0 Å². The SMILES string of the molecule is O=[N+]([O-])c1c(Cl)c([N+](=O)[O-])c2nonc2c1Cl. The molecule has 0 fully saturated rings. The van der Waals surface area contributed by atoms with Gasteiger partial charge in [0.1, 0.15) is 0 Å². The fourth-order valence-corrected chi connectivity index (χ4v) is 1.90. The van der Waals surface area contributed by atoms with E-state index >= 15 is 0 Å². The molecule has 2 rings (SSSR count). The van der Waals surface area contributed by atoms with Crippen molar-refractivity contribution in [3.8, 4) is 0 Å². The monoisotopic (exact) mass is 278 g/mol. The van der Waals surface area contributed by atoms with E-state index in [1.807, 2.05) is 0 Å². The maximum Gasteiger partial charge on any atom is 0.326 e. The second-order valence-corrected chi connectivity index (χ2v) is 3.56. The minimum atomic E-state index is -0.939. The molecule has 2 aromatic rings. The molecule has 1 aromatic heterocycles. The van der Waals surface area contributed by atoms with Crippen molar-refractivity contribution < 1.29 is 14.5 Å². The van der Waals surface area contributed by atoms with Gasteiger partial charge < -0.3 is 0 Å². The Kier molecular flexibility index (Phi) is 2.56. The highest BCUT2D eigenvalue weighted by atomic mass is 35.5. The van der Waals surface area contributed by atoms with Gasteiger partial charge in [0, 0.05) is 0 Å². The normalized spacial score (nSPS) is 10.7. The summed E-state index contributed by atoms with van der Waals surface area (Å²) in [4.78, 5) is 19.6. The Hall–Kier alpha value is -2.00. The van der Waals surface area contributed by atoms with Crippen LogP contribution in [-0.4, -0.2) is 20.2 Å². The third kappa shape index (κ3) is 1.56. The molecule has 0 aliphatic rings. The van der Waals surface area contributed by atoms with Crippen molar-refractivity contribution in [1.29, 1.82) is 0 Å². The zero-order chi connectivity index (χ0) is 12.7. The van der Waals surface area contributed by atoms with Crippen LogP contribution in [0.1, 0.15) is 0 Å². The molecule has 1 heterocycles. The molecular weight excluding hydrogens is 279 g/mol. The molecule has 0 bridgehead atoms. The van der Waals surface area contributed by atoms with Crippen LogP contribution in [0.5, 0.6) is 0 Å². The number of hydrogen-bond acceptors (Lipinski definition) is 7. The van der Waals surface area contributed by atoms with Crippen molar-refractivity contribution in [2.45, 2.75) is 0 Å². The van der Waals surface area contributed by atoms with Gasteiger partial charge in [-0.15, -0.1) is 0 Å². The Morgan fingerprint density at radius 1 is 0.941 bits per heavy atom. The molecule has 0 saturated heterocycles. The topological polar surface area (TPSA) is 125 Å². The van der Waals surface area contributed by atoms with Crippen LogP contribution in [0.15, 0.2) is 4.63 Å². The van der Waals surface area contributed by atoms with Gasteiger partial charge in [-0.2, -0.15) is 0 Å². The zero-order valence-electron chi connectivity index (χ0n) is 7.59. The average Bonchev–Trinajstić information content (AvgIpc) is 2.65. The van der Waals surface area contributed by atoms with Gasteiger partial charge in [-0.3, -0.25) is 20.2 Å². The summed E-state index contributed by atoms with van der Waals surface area (Å²) in [5.41, 5.74) is -2.19. The number of benzene rings is 1. The van der Waals surface area contributed by atoms with Gasteiger partial charge in [-0.25, -0.2) is 4.63 Å². The minimum Gasteiger partial charge on any atom is -0.258 e. The van der Waals surface area contributed by atoms with E-state index in [1.54, 1.807) is 0 Å². The molecule has 0 atom stereocenters. The van der Waals surface area contributed by atoms with Gasteiger partial charge in [0.15, 0.2) is 15.6 Å². The summed E-state index contributed by atoms with van der Waals surface area (Å²) in [6.07, 6.45) is 0. The summed E-state index contributed by atoms with van der Waals surface area (Å²) >= 11 is 11.2. The number of hydrogen-bond donors (Lipinski definition) is 0. The number of rotatable bonds is 2. The highest BCUT2D eigenvalue weighted by Crippen LogP contribution is 2.44. The van der Waals surface area contributed by atoms with Crippen molar-refractivity contribution in [2.24, 2.45) is 0 Å². The number of fused-ring (bicyclic) bond motifs is 1. The summed E-state index contributed by atoms with van der Waals surface area (Å²) < 4.78 is 4.26. The highest BCUT2D eigenvalue weighted by Gasteiger charge is 2.34. The maximum absolute atomic E-state index is 10.8. The summed E-state index contributed by atoms with van der Waals surface area (Å²) in [7, 11) is 0. The Bertz CT molecular complexity index is 653. The maximum atomic E-state index is 10.8. The summed E-state index contributed by atoms with van der Waals surface area (Å²) in [6, 6.07) is 0. The summed E-state index contributed by atoms with van der Waals surface area (Å²) in [5, 5.41) is 26.8. The van der Waals surface area contributed by atoms with Gasteiger partial charge in [-0.1, -0.05) is 23.2 Å². The standard InChI is InChI=1S/C6Cl2N4O5/c7-1-3-4(10-17-9-3)6(12(15)16)2(8)5(1)11(13)14. The minimum absolute atomic E-state index is 0.283. The van der Waals surface area contributed by atoms with Crippen LogP contribution in [0.3, 0.4) is 0 Å². The van der Waals surface area contributed by atoms with Gasteiger partial charge in [0.25, 0.3) is 0 Å². The van der Waals surface area contributed by atoms with E-state index in [4.69, 9.17) is 23.2 Å². The van der Waals surface area contributed by atoms with Crippen LogP contribution in [0.25, 0.3) is 11.0 Å². The number of nitro benzene ring substituents is 2. The van der Waals surface area contributed by atoms with E-state index in [2.05, 4.69) is 14.9 Å². The van der Waals surface area contributed by atoms with Gasteiger partial charge in [0.05, 0.1) is 9.85 Å². The summed E-state index contributed by atoms with van der Waals surface area (Å²) in [5.74, 6) is 0. The van der Waals surface area contributed by atoms with Crippen molar-refractivity contribution in [3.63, 3.8) is 0 Å². The fourth-order valence-electron chi connectivity index (χ4n) is 1.24.